The summed E-state index contributed by atoms with van der Waals surface area (Å²) in [6, 6.07) is 12.0. The molecule has 0 heterocycles. The second-order valence-electron chi connectivity index (χ2n) is 8.30. The fourth-order valence-electron chi connectivity index (χ4n) is 3.44. The van der Waals surface area contributed by atoms with E-state index in [9.17, 15) is 23.6 Å². The summed E-state index contributed by atoms with van der Waals surface area (Å²) in [6.45, 7) is 3.31. The third-order valence-corrected chi connectivity index (χ3v) is 5.25. The maximum atomic E-state index is 13.2. The predicted octanol–water partition coefficient (Wildman–Crippen LogP) is 2.57. The summed E-state index contributed by atoms with van der Waals surface area (Å²) in [4.78, 5) is 47.9. The van der Waals surface area contributed by atoms with Crippen LogP contribution < -0.4 is 16.0 Å². The van der Waals surface area contributed by atoms with Crippen molar-refractivity contribution < 1.29 is 28.3 Å². The molecule has 0 bridgehead atoms. The van der Waals surface area contributed by atoms with Crippen molar-refractivity contribution in [1.82, 2.24) is 10.6 Å². The topological polar surface area (TPSA) is 114 Å². The minimum absolute atomic E-state index is 0.156. The quantitative estimate of drug-likeness (QED) is 0.377. The highest BCUT2D eigenvalue weighted by Crippen LogP contribution is 2.18. The maximum absolute atomic E-state index is 13.2. The van der Waals surface area contributed by atoms with Gasteiger partial charge < -0.3 is 20.7 Å². The van der Waals surface area contributed by atoms with Gasteiger partial charge in [-0.3, -0.25) is 18.8 Å². The Morgan fingerprint density at radius 2 is 1.46 bits per heavy atom. The molecule has 0 aliphatic carbocycles. The number of ether oxygens (including phenoxy) is 1. The van der Waals surface area contributed by atoms with Gasteiger partial charge in [0.1, 0.15) is 0 Å². The summed E-state index contributed by atoms with van der Waals surface area (Å²) < 4.78 is 18.0. The lowest BCUT2D eigenvalue weighted by molar-refractivity contribution is -0.145. The third-order valence-electron chi connectivity index (χ3n) is 5.25. The molecule has 0 saturated heterocycles. The number of methoxy groups -OCH3 is 1. The van der Waals surface area contributed by atoms with Crippen molar-refractivity contribution in [3.05, 3.63) is 65.2 Å². The van der Waals surface area contributed by atoms with Crippen LogP contribution in [0.25, 0.3) is 0 Å². The molecule has 2 rings (SSSR count). The van der Waals surface area contributed by atoms with Gasteiger partial charge in [0.05, 0.1) is 19.3 Å². The van der Waals surface area contributed by atoms with Gasteiger partial charge >= 0.3 is 5.97 Å². The molecule has 0 radical (unpaired) electrons. The molecule has 2 atom stereocenters. The van der Waals surface area contributed by atoms with Crippen molar-refractivity contribution in [2.45, 2.75) is 38.8 Å². The fraction of sp³-hybridized carbons (Fsp3) is 0.286. The number of hydrogen-bond donors (Lipinski definition) is 3. The number of rotatable bonds is 8. The highest BCUT2D eigenvalue weighted by atomic mass is 19.1. The van der Waals surface area contributed by atoms with Gasteiger partial charge in [-0.1, -0.05) is 11.8 Å². The van der Waals surface area contributed by atoms with E-state index in [0.717, 1.165) is 12.7 Å². The van der Waals surface area contributed by atoms with E-state index in [0.29, 0.717) is 11.3 Å². The lowest BCUT2D eigenvalue weighted by atomic mass is 9.88. The minimum Gasteiger partial charge on any atom is -0.467 e. The Bertz CT molecular complexity index is 1270. The smallest absolute Gasteiger partial charge is 0.330 e. The molecule has 0 fully saturated rings. The first kappa shape index (κ1) is 28.6. The normalized spacial score (nSPS) is 12.2. The van der Waals surface area contributed by atoms with Gasteiger partial charge in [0, 0.05) is 42.6 Å². The van der Waals surface area contributed by atoms with Crippen LogP contribution in [0, 0.1) is 23.7 Å². The summed E-state index contributed by atoms with van der Waals surface area (Å²) in [7, 11) is 1.14. The monoisotopic (exact) mass is 505 g/mol. The summed E-state index contributed by atoms with van der Waals surface area (Å²) in [5, 5.41) is 7.76. The van der Waals surface area contributed by atoms with E-state index in [1.807, 2.05) is 0 Å². The van der Waals surface area contributed by atoms with Crippen molar-refractivity contribution >= 4 is 29.4 Å². The number of anilines is 1. The second kappa shape index (κ2) is 13.5. The number of esters is 1. The minimum atomic E-state index is -1.39. The molecule has 2 aromatic carbocycles. The van der Waals surface area contributed by atoms with Gasteiger partial charge in [-0.25, -0.2) is 4.79 Å². The lowest BCUT2D eigenvalue weighted by Gasteiger charge is -2.36. The first-order valence-corrected chi connectivity index (χ1v) is 11.3. The fourth-order valence-corrected chi connectivity index (χ4v) is 3.44. The molecule has 37 heavy (non-hydrogen) atoms. The molecule has 0 aliphatic rings. The van der Waals surface area contributed by atoms with Gasteiger partial charge in [-0.15, -0.1) is 0 Å². The lowest BCUT2D eigenvalue weighted by Crippen LogP contribution is -2.64. The molecule has 3 amide bonds. The number of alkyl halides is 1. The van der Waals surface area contributed by atoms with Crippen LogP contribution in [-0.4, -0.2) is 49.1 Å². The van der Waals surface area contributed by atoms with Crippen molar-refractivity contribution in [2.75, 3.05) is 19.1 Å². The number of amides is 3. The Labute approximate surface area is 215 Å². The number of benzene rings is 2. The van der Waals surface area contributed by atoms with Gasteiger partial charge in [0.2, 0.25) is 11.8 Å². The molecular formula is C28H28FN3O5. The molecule has 0 spiro atoms. The zero-order valence-electron chi connectivity index (χ0n) is 21.0. The number of nitrogens with one attached hydrogen (secondary N) is 3. The van der Waals surface area contributed by atoms with Gasteiger partial charge in [0.15, 0.2) is 6.04 Å². The maximum Gasteiger partial charge on any atom is 0.330 e. The van der Waals surface area contributed by atoms with E-state index < -0.39 is 36.0 Å². The molecule has 0 saturated carbocycles. The number of halogens is 1. The first-order valence-electron chi connectivity index (χ1n) is 11.3. The average Bonchev–Trinajstić information content (AvgIpc) is 2.85. The Morgan fingerprint density at radius 1 is 0.919 bits per heavy atom. The Morgan fingerprint density at radius 3 is 1.92 bits per heavy atom. The molecule has 3 N–H and O–H groups in total. The van der Waals surface area contributed by atoms with Crippen LogP contribution in [0.15, 0.2) is 48.5 Å². The van der Waals surface area contributed by atoms with Crippen molar-refractivity contribution in [1.29, 1.82) is 0 Å². The molecule has 0 aliphatic heterocycles. The van der Waals surface area contributed by atoms with E-state index in [2.05, 4.69) is 39.6 Å². The van der Waals surface area contributed by atoms with E-state index in [1.165, 1.54) is 32.9 Å². The highest BCUT2D eigenvalue weighted by molar-refractivity contribution is 5.97. The van der Waals surface area contributed by atoms with Gasteiger partial charge in [0.25, 0.3) is 5.91 Å². The Balaban J connectivity index is 2.11. The van der Waals surface area contributed by atoms with Crippen LogP contribution >= 0.6 is 0 Å². The third kappa shape index (κ3) is 8.83. The molecule has 0 aromatic heterocycles. The van der Waals surface area contributed by atoms with Crippen molar-refractivity contribution in [2.24, 2.45) is 0 Å². The summed E-state index contributed by atoms with van der Waals surface area (Å²) in [5.41, 5.74) is 0.854. The number of carbonyl (C=O) groups excluding carboxylic acids is 4. The zero-order valence-corrected chi connectivity index (χ0v) is 21.0. The van der Waals surface area contributed by atoms with Gasteiger partial charge in [-0.2, -0.15) is 0 Å². The van der Waals surface area contributed by atoms with E-state index >= 15 is 0 Å². The Kier molecular flexibility index (Phi) is 10.4. The average molecular weight is 506 g/mol. The van der Waals surface area contributed by atoms with Crippen LogP contribution in [0.1, 0.15) is 48.7 Å². The van der Waals surface area contributed by atoms with E-state index in [4.69, 9.17) is 4.74 Å². The van der Waals surface area contributed by atoms with Crippen LogP contribution in [-0.2, 0) is 19.1 Å². The van der Waals surface area contributed by atoms with Crippen molar-refractivity contribution in [3.63, 3.8) is 0 Å². The van der Waals surface area contributed by atoms with E-state index in [1.54, 1.807) is 36.4 Å². The molecule has 9 heteroatoms. The van der Waals surface area contributed by atoms with Crippen LogP contribution in [0.4, 0.5) is 10.1 Å². The number of carbonyl (C=O) groups is 4. The SMILES string of the molecule is COC(=O)C(NC(=O)c1ccc(C#CC#Cc2ccc(NC(C)=O)cc2)cc1)C(C)(CCF)NC(C)=O. The first-order chi connectivity index (χ1) is 17.6. The molecule has 192 valence electrons. The van der Waals surface area contributed by atoms with Gasteiger partial charge in [-0.05, 0) is 67.3 Å². The van der Waals surface area contributed by atoms with Crippen LogP contribution in [0.3, 0.4) is 0 Å². The standard InChI is InChI=1S/C28H28FN3O5/c1-19(33)30-24-15-11-22(12-16-24)8-6-5-7-21-9-13-23(14-10-21)26(35)31-25(27(36)37-4)28(3,17-18-29)32-20(2)34/h9-16,25H,17-18H2,1-4H3,(H,30,33)(H,31,35)(H,32,34). The predicted molar refractivity (Wildman–Crippen MR) is 137 cm³/mol. The molecule has 8 nitrogen and oxygen atoms in total. The Hall–Kier alpha value is -4.63. The highest BCUT2D eigenvalue weighted by Gasteiger charge is 2.41. The largest absolute Gasteiger partial charge is 0.467 e. The summed E-state index contributed by atoms with van der Waals surface area (Å²) >= 11 is 0. The summed E-state index contributed by atoms with van der Waals surface area (Å²) in [5.74, 6) is 9.20. The van der Waals surface area contributed by atoms with Crippen LogP contribution in [0.2, 0.25) is 0 Å². The second-order valence-corrected chi connectivity index (χ2v) is 8.30. The summed E-state index contributed by atoms with van der Waals surface area (Å²) in [6.07, 6.45) is -0.207. The van der Waals surface area contributed by atoms with Crippen LogP contribution in [0.5, 0.6) is 0 Å². The number of hydrogen-bond acceptors (Lipinski definition) is 5. The van der Waals surface area contributed by atoms with Crippen molar-refractivity contribution in [3.8, 4) is 23.7 Å². The molecule has 2 unspecified atom stereocenters. The molecule has 2 aromatic rings. The van der Waals surface area contributed by atoms with E-state index in [-0.39, 0.29) is 17.9 Å². The zero-order chi connectivity index (χ0) is 27.4. The molecular weight excluding hydrogens is 477 g/mol.